The van der Waals surface area contributed by atoms with E-state index in [0.717, 1.165) is 31.5 Å². The fraction of sp³-hybridized carbons (Fsp3) is 0.278. The molecule has 2 aromatic rings. The molecular weight excluding hydrogens is 464 g/mol. The number of benzene rings is 1. The molecule has 0 radical (unpaired) electrons. The van der Waals surface area contributed by atoms with Crippen LogP contribution in [0.25, 0.3) is 0 Å². The Morgan fingerprint density at radius 3 is 2.58 bits per heavy atom. The number of hydrazone groups is 1. The number of halogens is 2. The van der Waals surface area contributed by atoms with Crippen LogP contribution in [0.4, 0.5) is 5.82 Å². The van der Waals surface area contributed by atoms with Gasteiger partial charge in [0, 0.05) is 18.4 Å². The third-order valence-corrected chi connectivity index (χ3v) is 4.51. The van der Waals surface area contributed by atoms with E-state index >= 15 is 0 Å². The maximum Gasteiger partial charge on any atom is 0.164 e. The quantitative estimate of drug-likeness (QED) is 0.454. The molecule has 1 N–H and O–H groups in total. The number of hydrogen-bond acceptors (Lipinski definition) is 6. The molecule has 0 atom stereocenters. The molecule has 136 valence electrons. The summed E-state index contributed by atoms with van der Waals surface area (Å²) in [6.07, 6.45) is 1.65. The van der Waals surface area contributed by atoms with Gasteiger partial charge in [-0.15, -0.1) is 0 Å². The number of aryl methyl sites for hydroxylation is 1. The number of nitriles is 1. The van der Waals surface area contributed by atoms with Gasteiger partial charge in [-0.2, -0.15) is 10.4 Å². The highest BCUT2D eigenvalue weighted by Gasteiger charge is 2.11. The van der Waals surface area contributed by atoms with E-state index in [4.69, 9.17) is 9.47 Å². The van der Waals surface area contributed by atoms with Gasteiger partial charge < -0.3 is 9.47 Å². The molecule has 8 heteroatoms. The predicted molar refractivity (Wildman–Crippen MR) is 109 cm³/mol. The van der Waals surface area contributed by atoms with Crippen molar-refractivity contribution in [2.75, 3.05) is 19.1 Å². The molecule has 0 aliphatic carbocycles. The molecule has 0 aliphatic heterocycles. The standard InChI is InChI=1S/C18H18Br2N4O2/c1-4-26-17-15(19)6-12(7-16(17)20)9-22-24-18-14(8-21)13(10-25-3)5-11(2)23-18/h5-7,9H,4,10H2,1-3H3,(H,23,24)/b22-9+. The van der Waals surface area contributed by atoms with Crippen LogP contribution in [0.2, 0.25) is 0 Å². The van der Waals surface area contributed by atoms with Crippen LogP contribution in [0.15, 0.2) is 32.2 Å². The molecule has 0 bridgehead atoms. The number of pyridine rings is 1. The second-order valence-electron chi connectivity index (χ2n) is 5.31. The van der Waals surface area contributed by atoms with Gasteiger partial charge in [0.1, 0.15) is 17.4 Å². The van der Waals surface area contributed by atoms with Gasteiger partial charge in [-0.1, -0.05) is 0 Å². The largest absolute Gasteiger partial charge is 0.492 e. The Labute approximate surface area is 169 Å². The Hall–Kier alpha value is -1.95. The number of methoxy groups -OCH3 is 1. The summed E-state index contributed by atoms with van der Waals surface area (Å²) in [5, 5.41) is 13.6. The van der Waals surface area contributed by atoms with Gasteiger partial charge in [-0.25, -0.2) is 4.98 Å². The number of hydrogen-bond donors (Lipinski definition) is 1. The molecule has 0 amide bonds. The topological polar surface area (TPSA) is 79.5 Å². The minimum atomic E-state index is 0.337. The fourth-order valence-corrected chi connectivity index (χ4v) is 3.77. The van der Waals surface area contributed by atoms with E-state index in [9.17, 15) is 5.26 Å². The van der Waals surface area contributed by atoms with Crippen molar-refractivity contribution in [2.24, 2.45) is 5.10 Å². The summed E-state index contributed by atoms with van der Waals surface area (Å²) in [5.74, 6) is 1.15. The molecule has 1 heterocycles. The maximum absolute atomic E-state index is 9.42. The van der Waals surface area contributed by atoms with Gasteiger partial charge in [0.15, 0.2) is 5.82 Å². The first kappa shape index (κ1) is 20.4. The first-order valence-corrected chi connectivity index (χ1v) is 9.39. The lowest BCUT2D eigenvalue weighted by molar-refractivity contribution is 0.184. The van der Waals surface area contributed by atoms with Crippen LogP contribution in [-0.2, 0) is 11.3 Å². The summed E-state index contributed by atoms with van der Waals surface area (Å²) in [6, 6.07) is 7.78. The highest BCUT2D eigenvalue weighted by Crippen LogP contribution is 2.34. The fourth-order valence-electron chi connectivity index (χ4n) is 2.32. The Bertz CT molecular complexity index is 840. The van der Waals surface area contributed by atoms with E-state index in [1.54, 1.807) is 13.3 Å². The first-order chi connectivity index (χ1) is 12.5. The van der Waals surface area contributed by atoms with E-state index in [-0.39, 0.29) is 0 Å². The average molecular weight is 482 g/mol. The zero-order valence-corrected chi connectivity index (χ0v) is 17.8. The van der Waals surface area contributed by atoms with Crippen molar-refractivity contribution >= 4 is 43.9 Å². The molecule has 0 saturated heterocycles. The second kappa shape index (κ2) is 9.67. The number of rotatable bonds is 7. The molecule has 0 aliphatic rings. The van der Waals surface area contributed by atoms with Gasteiger partial charge in [0.05, 0.1) is 28.4 Å². The second-order valence-corrected chi connectivity index (χ2v) is 7.02. The van der Waals surface area contributed by atoms with Crippen molar-refractivity contribution in [3.63, 3.8) is 0 Å². The number of aromatic nitrogens is 1. The highest BCUT2D eigenvalue weighted by atomic mass is 79.9. The van der Waals surface area contributed by atoms with Crippen molar-refractivity contribution < 1.29 is 9.47 Å². The Kier molecular flexibility index (Phi) is 7.57. The molecular formula is C18H18Br2N4O2. The van der Waals surface area contributed by atoms with Crippen LogP contribution in [0.3, 0.4) is 0 Å². The third kappa shape index (κ3) is 5.04. The molecule has 26 heavy (non-hydrogen) atoms. The van der Waals surface area contributed by atoms with E-state index in [2.05, 4.69) is 53.4 Å². The summed E-state index contributed by atoms with van der Waals surface area (Å²) in [7, 11) is 1.59. The molecule has 0 unspecified atom stereocenters. The van der Waals surface area contributed by atoms with E-state index < -0.39 is 0 Å². The minimum absolute atomic E-state index is 0.337. The van der Waals surface area contributed by atoms with Crippen LogP contribution < -0.4 is 10.2 Å². The Morgan fingerprint density at radius 2 is 2.00 bits per heavy atom. The van der Waals surface area contributed by atoms with Crippen LogP contribution in [-0.4, -0.2) is 24.9 Å². The van der Waals surface area contributed by atoms with Gasteiger partial charge in [-0.3, -0.25) is 5.43 Å². The Morgan fingerprint density at radius 1 is 1.31 bits per heavy atom. The van der Waals surface area contributed by atoms with Gasteiger partial charge in [0.2, 0.25) is 0 Å². The predicted octanol–water partition coefficient (Wildman–Crippen LogP) is 4.78. The number of ether oxygens (including phenoxy) is 2. The summed E-state index contributed by atoms with van der Waals surface area (Å²) < 4.78 is 12.4. The zero-order valence-electron chi connectivity index (χ0n) is 14.6. The molecule has 0 saturated carbocycles. The van der Waals surface area contributed by atoms with Crippen molar-refractivity contribution in [3.8, 4) is 11.8 Å². The van der Waals surface area contributed by atoms with E-state index in [0.29, 0.717) is 24.6 Å². The van der Waals surface area contributed by atoms with Crippen molar-refractivity contribution in [3.05, 3.63) is 49.5 Å². The molecule has 1 aromatic heterocycles. The third-order valence-electron chi connectivity index (χ3n) is 3.33. The van der Waals surface area contributed by atoms with Crippen molar-refractivity contribution in [1.29, 1.82) is 5.26 Å². The summed E-state index contributed by atoms with van der Waals surface area (Å²) >= 11 is 6.98. The highest BCUT2D eigenvalue weighted by molar-refractivity contribution is 9.11. The van der Waals surface area contributed by atoms with E-state index in [1.807, 2.05) is 32.0 Å². The average Bonchev–Trinajstić information content (AvgIpc) is 2.58. The SMILES string of the molecule is CCOc1c(Br)cc(/C=N/Nc2nc(C)cc(COC)c2C#N)cc1Br. The monoisotopic (exact) mass is 480 g/mol. The molecule has 2 rings (SSSR count). The van der Waals surface area contributed by atoms with Gasteiger partial charge in [0.25, 0.3) is 0 Å². The zero-order chi connectivity index (χ0) is 19.1. The molecule has 0 spiro atoms. The Balaban J connectivity index is 2.25. The number of anilines is 1. The first-order valence-electron chi connectivity index (χ1n) is 7.80. The lowest BCUT2D eigenvalue weighted by Crippen LogP contribution is -2.03. The van der Waals surface area contributed by atoms with E-state index in [1.165, 1.54) is 0 Å². The molecule has 0 fully saturated rings. The summed E-state index contributed by atoms with van der Waals surface area (Å²) in [6.45, 7) is 4.70. The molecule has 1 aromatic carbocycles. The van der Waals surface area contributed by atoms with Crippen LogP contribution in [0.1, 0.15) is 29.3 Å². The van der Waals surface area contributed by atoms with Gasteiger partial charge >= 0.3 is 0 Å². The molecule has 6 nitrogen and oxygen atoms in total. The maximum atomic E-state index is 9.42. The minimum Gasteiger partial charge on any atom is -0.492 e. The smallest absolute Gasteiger partial charge is 0.164 e. The number of nitrogens with one attached hydrogen (secondary N) is 1. The normalized spacial score (nSPS) is 10.8. The van der Waals surface area contributed by atoms with Crippen LogP contribution in [0, 0.1) is 18.3 Å². The summed E-state index contributed by atoms with van der Waals surface area (Å²) in [5.41, 5.74) is 5.67. The van der Waals surface area contributed by atoms with Crippen LogP contribution >= 0.6 is 31.9 Å². The number of nitrogens with zero attached hydrogens (tertiary/aromatic N) is 3. The lowest BCUT2D eigenvalue weighted by Gasteiger charge is -2.10. The van der Waals surface area contributed by atoms with Gasteiger partial charge in [-0.05, 0) is 69.5 Å². The van der Waals surface area contributed by atoms with Crippen molar-refractivity contribution in [2.45, 2.75) is 20.5 Å². The van der Waals surface area contributed by atoms with Crippen LogP contribution in [0.5, 0.6) is 5.75 Å². The summed E-state index contributed by atoms with van der Waals surface area (Å²) in [4.78, 5) is 4.35. The van der Waals surface area contributed by atoms with Crippen molar-refractivity contribution in [1.82, 2.24) is 4.98 Å². The lowest BCUT2D eigenvalue weighted by atomic mass is 10.1.